The van der Waals surface area contributed by atoms with E-state index in [1.807, 2.05) is 6.92 Å². The smallest absolute Gasteiger partial charge is 0.263 e. The second-order valence-corrected chi connectivity index (χ2v) is 12.1. The van der Waals surface area contributed by atoms with Crippen molar-refractivity contribution in [2.24, 2.45) is 7.05 Å². The number of carbonyl (C=O) groups excluding carboxylic acids is 1. The van der Waals surface area contributed by atoms with Crippen LogP contribution in [-0.4, -0.2) is 65.3 Å². The molecule has 40 heavy (non-hydrogen) atoms. The van der Waals surface area contributed by atoms with Crippen LogP contribution < -0.4 is 15.8 Å². The van der Waals surface area contributed by atoms with Gasteiger partial charge in [-0.15, -0.1) is 0 Å². The number of nitrogens with zero attached hydrogens (tertiary/aromatic N) is 5. The predicted octanol–water partition coefficient (Wildman–Crippen LogP) is 2.35. The van der Waals surface area contributed by atoms with Gasteiger partial charge in [0.15, 0.2) is 0 Å². The molecule has 210 valence electrons. The zero-order chi connectivity index (χ0) is 28.8. The highest BCUT2D eigenvalue weighted by molar-refractivity contribution is 7.89. The maximum atomic E-state index is 13.9. The molecule has 0 spiro atoms. The fourth-order valence-corrected chi connectivity index (χ4v) is 5.97. The second kappa shape index (κ2) is 10.2. The monoisotopic (exact) mass is 565 g/mol. The highest BCUT2D eigenvalue weighted by atomic mass is 32.2. The minimum absolute atomic E-state index is 0.0455. The number of carbonyl (C=O) groups is 1. The van der Waals surface area contributed by atoms with Crippen molar-refractivity contribution in [3.8, 4) is 11.1 Å². The van der Waals surface area contributed by atoms with E-state index in [4.69, 9.17) is 9.82 Å². The van der Waals surface area contributed by atoms with Crippen molar-refractivity contribution in [2.75, 3.05) is 26.7 Å². The molecule has 2 aromatic carbocycles. The van der Waals surface area contributed by atoms with Gasteiger partial charge >= 0.3 is 0 Å². The number of hydrogen-bond acceptors (Lipinski definition) is 8. The lowest BCUT2D eigenvalue weighted by atomic mass is 10.0. The molecule has 0 bridgehead atoms. The summed E-state index contributed by atoms with van der Waals surface area (Å²) in [5.41, 5.74) is 4.24. The third-order valence-corrected chi connectivity index (χ3v) is 8.48. The van der Waals surface area contributed by atoms with Crippen LogP contribution in [0.25, 0.3) is 22.0 Å². The van der Waals surface area contributed by atoms with E-state index in [2.05, 4.69) is 15.3 Å². The maximum absolute atomic E-state index is 13.9. The van der Waals surface area contributed by atoms with Crippen molar-refractivity contribution in [1.82, 2.24) is 29.0 Å². The number of nitrogens with one attached hydrogen (secondary N) is 2. The summed E-state index contributed by atoms with van der Waals surface area (Å²) in [6, 6.07) is 9.61. The summed E-state index contributed by atoms with van der Waals surface area (Å²) in [4.78, 5) is 37.6. The summed E-state index contributed by atoms with van der Waals surface area (Å²) >= 11 is 0. The standard InChI is InChI=1S/C27H31N7O5S/c1-27(10-11-27)31-40(37,38)20-12-21(18-6-8-19(9-7-18)24(35)32(2)3)23-22(13-20)25(36)34(26(29-23)30-39-5)16-17-14-28-33(4)15-17/h6-9,12-15,31H,10-11,16H2,1-5H3,(H,29,30). The van der Waals surface area contributed by atoms with Gasteiger partial charge in [0.2, 0.25) is 16.0 Å². The van der Waals surface area contributed by atoms with Crippen molar-refractivity contribution in [2.45, 2.75) is 36.7 Å². The van der Waals surface area contributed by atoms with E-state index in [-0.39, 0.29) is 34.2 Å². The van der Waals surface area contributed by atoms with E-state index in [9.17, 15) is 18.0 Å². The van der Waals surface area contributed by atoms with E-state index in [1.54, 1.807) is 62.5 Å². The van der Waals surface area contributed by atoms with E-state index >= 15 is 0 Å². The van der Waals surface area contributed by atoms with E-state index in [0.29, 0.717) is 16.7 Å². The Morgan fingerprint density at radius 2 is 1.88 bits per heavy atom. The van der Waals surface area contributed by atoms with Crippen molar-refractivity contribution in [3.05, 3.63) is 70.3 Å². The van der Waals surface area contributed by atoms with Gasteiger partial charge in [0, 0.05) is 49.6 Å². The first-order valence-corrected chi connectivity index (χ1v) is 14.1. The fourth-order valence-electron chi connectivity index (χ4n) is 4.45. The van der Waals surface area contributed by atoms with Crippen LogP contribution in [-0.2, 0) is 28.5 Å². The Morgan fingerprint density at radius 3 is 2.45 bits per heavy atom. The molecule has 1 saturated carbocycles. The largest absolute Gasteiger partial charge is 0.345 e. The van der Waals surface area contributed by atoms with Gasteiger partial charge < -0.3 is 4.90 Å². The lowest BCUT2D eigenvalue weighted by Crippen LogP contribution is -2.34. The number of amides is 1. The molecular formula is C27H31N7O5S. The Balaban J connectivity index is 1.74. The number of aryl methyl sites for hydroxylation is 1. The van der Waals surface area contributed by atoms with Gasteiger partial charge in [0.25, 0.3) is 11.5 Å². The van der Waals surface area contributed by atoms with Crippen molar-refractivity contribution in [3.63, 3.8) is 0 Å². The van der Waals surface area contributed by atoms with Gasteiger partial charge in [0.05, 0.1) is 35.6 Å². The molecule has 0 unspecified atom stereocenters. The summed E-state index contributed by atoms with van der Waals surface area (Å²) in [6.07, 6.45) is 4.88. The Morgan fingerprint density at radius 1 is 1.18 bits per heavy atom. The number of benzene rings is 2. The van der Waals surface area contributed by atoms with E-state index in [1.165, 1.54) is 28.7 Å². The van der Waals surface area contributed by atoms with Crippen LogP contribution in [0.3, 0.4) is 0 Å². The lowest BCUT2D eigenvalue weighted by Gasteiger charge is -2.17. The molecule has 0 saturated heterocycles. The maximum Gasteiger partial charge on any atom is 0.263 e. The van der Waals surface area contributed by atoms with Crippen LogP contribution in [0.15, 0.2) is 58.5 Å². The van der Waals surface area contributed by atoms with E-state index < -0.39 is 21.1 Å². The molecule has 4 aromatic rings. The highest BCUT2D eigenvalue weighted by Gasteiger charge is 2.41. The number of rotatable bonds is 9. The highest BCUT2D eigenvalue weighted by Crippen LogP contribution is 2.37. The molecular weight excluding hydrogens is 534 g/mol. The number of fused-ring (bicyclic) bond motifs is 1. The SMILES string of the molecule is CONc1nc2c(-c3ccc(C(=O)N(C)C)cc3)cc(S(=O)(=O)NC3(C)CC3)cc2c(=O)n1Cc1cnn(C)c1. The Hall–Kier alpha value is -4.07. The minimum atomic E-state index is -3.96. The Kier molecular flexibility index (Phi) is 6.98. The Labute approximate surface area is 231 Å². The third-order valence-electron chi connectivity index (χ3n) is 6.86. The predicted molar refractivity (Wildman–Crippen MR) is 150 cm³/mol. The first-order chi connectivity index (χ1) is 18.9. The average Bonchev–Trinajstić information content (AvgIpc) is 3.48. The summed E-state index contributed by atoms with van der Waals surface area (Å²) in [5.74, 6) is -0.0265. The van der Waals surface area contributed by atoms with Gasteiger partial charge in [-0.05, 0) is 49.6 Å². The van der Waals surface area contributed by atoms with Crippen LogP contribution in [0.4, 0.5) is 5.95 Å². The molecule has 1 aliphatic rings. The molecule has 2 heterocycles. The number of aromatic nitrogens is 4. The quantitative estimate of drug-likeness (QED) is 0.295. The topological polar surface area (TPSA) is 140 Å². The first kappa shape index (κ1) is 27.5. The van der Waals surface area contributed by atoms with Crippen LogP contribution >= 0.6 is 0 Å². The molecule has 1 amide bonds. The second-order valence-electron chi connectivity index (χ2n) is 10.5. The van der Waals surface area contributed by atoms with Crippen LogP contribution in [0.1, 0.15) is 35.7 Å². The van der Waals surface area contributed by atoms with Crippen molar-refractivity contribution < 1.29 is 18.0 Å². The Bertz CT molecular complexity index is 1770. The zero-order valence-electron chi connectivity index (χ0n) is 22.9. The molecule has 0 radical (unpaired) electrons. The molecule has 0 aliphatic heterocycles. The number of hydrogen-bond donors (Lipinski definition) is 2. The number of sulfonamides is 1. The van der Waals surface area contributed by atoms with Gasteiger partial charge in [-0.2, -0.15) is 5.10 Å². The van der Waals surface area contributed by atoms with Gasteiger partial charge in [0.1, 0.15) is 0 Å². The molecule has 13 heteroatoms. The van der Waals surface area contributed by atoms with Crippen LogP contribution in [0.5, 0.6) is 0 Å². The normalized spacial score (nSPS) is 14.3. The summed E-state index contributed by atoms with van der Waals surface area (Å²) in [6.45, 7) is 1.98. The third kappa shape index (κ3) is 5.35. The van der Waals surface area contributed by atoms with Gasteiger partial charge in [-0.25, -0.2) is 23.6 Å². The molecule has 2 N–H and O–H groups in total. The van der Waals surface area contributed by atoms with Gasteiger partial charge in [-0.3, -0.25) is 23.7 Å². The molecule has 1 aliphatic carbocycles. The molecule has 2 aromatic heterocycles. The summed E-state index contributed by atoms with van der Waals surface area (Å²) in [5, 5.41) is 4.29. The molecule has 5 rings (SSSR count). The van der Waals surface area contributed by atoms with Crippen LogP contribution in [0, 0.1) is 0 Å². The van der Waals surface area contributed by atoms with Gasteiger partial charge in [-0.1, -0.05) is 12.1 Å². The van der Waals surface area contributed by atoms with Crippen LogP contribution in [0.2, 0.25) is 0 Å². The summed E-state index contributed by atoms with van der Waals surface area (Å²) in [7, 11) is 2.55. The first-order valence-electron chi connectivity index (χ1n) is 12.6. The molecule has 0 atom stereocenters. The molecule has 1 fully saturated rings. The summed E-state index contributed by atoms with van der Waals surface area (Å²) < 4.78 is 32.7. The minimum Gasteiger partial charge on any atom is -0.345 e. The molecule has 12 nitrogen and oxygen atoms in total. The fraction of sp³-hybridized carbons (Fsp3) is 0.333. The zero-order valence-corrected chi connectivity index (χ0v) is 23.7. The lowest BCUT2D eigenvalue weighted by molar-refractivity contribution is 0.0827. The average molecular weight is 566 g/mol. The van der Waals surface area contributed by atoms with Crippen molar-refractivity contribution >= 4 is 32.8 Å². The van der Waals surface area contributed by atoms with E-state index in [0.717, 1.165) is 18.4 Å². The van der Waals surface area contributed by atoms with Crippen molar-refractivity contribution in [1.29, 1.82) is 0 Å². The number of anilines is 1.